The molecule has 1 aromatic rings. The fourth-order valence-electron chi connectivity index (χ4n) is 2.14. The number of likely N-dealkylation sites (N-methyl/N-ethyl adjacent to an activating group) is 1. The second kappa shape index (κ2) is 7.90. The first-order valence-corrected chi connectivity index (χ1v) is 7.15. The molecule has 4 heteroatoms. The van der Waals surface area contributed by atoms with E-state index >= 15 is 0 Å². The van der Waals surface area contributed by atoms with Crippen molar-refractivity contribution in [3.8, 4) is 5.75 Å². The largest absolute Gasteiger partial charge is 0.492 e. The number of carbonyl (C=O) groups is 1. The molecule has 0 radical (unpaired) electrons. The van der Waals surface area contributed by atoms with Gasteiger partial charge in [0.25, 0.3) is 0 Å². The van der Waals surface area contributed by atoms with Gasteiger partial charge in [0.2, 0.25) is 5.91 Å². The lowest BCUT2D eigenvalue weighted by Crippen LogP contribution is -2.43. The van der Waals surface area contributed by atoms with Crippen molar-refractivity contribution >= 4 is 5.91 Å². The van der Waals surface area contributed by atoms with Crippen LogP contribution in [0.3, 0.4) is 0 Å². The lowest BCUT2D eigenvalue weighted by atomic mass is 10.1. The van der Waals surface area contributed by atoms with Crippen LogP contribution >= 0.6 is 0 Å². The van der Waals surface area contributed by atoms with Crippen LogP contribution in [-0.2, 0) is 4.79 Å². The number of nitrogens with zero attached hydrogens (tertiary/aromatic N) is 1. The number of aryl methyl sites for hydroxylation is 2. The van der Waals surface area contributed by atoms with Crippen LogP contribution in [0.25, 0.3) is 0 Å². The summed E-state index contributed by atoms with van der Waals surface area (Å²) in [4.78, 5) is 13.6. The molecule has 20 heavy (non-hydrogen) atoms. The van der Waals surface area contributed by atoms with Crippen LogP contribution in [0.4, 0.5) is 0 Å². The quantitative estimate of drug-likeness (QED) is 0.832. The normalized spacial score (nSPS) is 12.1. The molecule has 1 aromatic carbocycles. The summed E-state index contributed by atoms with van der Waals surface area (Å²) in [6.45, 7) is 7.13. The maximum Gasteiger partial charge on any atom is 0.239 e. The Morgan fingerprint density at radius 2 is 1.90 bits per heavy atom. The van der Waals surface area contributed by atoms with Crippen molar-refractivity contribution in [3.63, 3.8) is 0 Å². The van der Waals surface area contributed by atoms with Crippen molar-refractivity contribution in [2.45, 2.75) is 39.7 Å². The summed E-state index contributed by atoms with van der Waals surface area (Å²) in [5.74, 6) is 0.831. The Morgan fingerprint density at radius 1 is 1.30 bits per heavy atom. The average Bonchev–Trinajstić information content (AvgIpc) is 2.36. The molecule has 0 saturated carbocycles. The van der Waals surface area contributed by atoms with Crippen LogP contribution in [0.2, 0.25) is 0 Å². The van der Waals surface area contributed by atoms with Gasteiger partial charge in [-0.2, -0.15) is 0 Å². The smallest absolute Gasteiger partial charge is 0.239 e. The van der Waals surface area contributed by atoms with Gasteiger partial charge in [-0.1, -0.05) is 19.4 Å². The molecule has 4 nitrogen and oxygen atoms in total. The Labute approximate surface area is 121 Å². The van der Waals surface area contributed by atoms with Gasteiger partial charge in [-0.05, 0) is 43.5 Å². The van der Waals surface area contributed by atoms with Crippen molar-refractivity contribution in [1.29, 1.82) is 0 Å². The van der Waals surface area contributed by atoms with E-state index in [4.69, 9.17) is 10.5 Å². The topological polar surface area (TPSA) is 55.6 Å². The minimum absolute atomic E-state index is 0.0177. The maximum absolute atomic E-state index is 11.9. The Morgan fingerprint density at radius 3 is 2.45 bits per heavy atom. The van der Waals surface area contributed by atoms with Crippen LogP contribution in [0.1, 0.15) is 30.9 Å². The molecule has 0 heterocycles. The van der Waals surface area contributed by atoms with Crippen molar-refractivity contribution in [2.24, 2.45) is 5.73 Å². The molecule has 1 atom stereocenters. The van der Waals surface area contributed by atoms with E-state index in [1.54, 1.807) is 11.9 Å². The summed E-state index contributed by atoms with van der Waals surface area (Å²) < 4.78 is 5.69. The Hall–Kier alpha value is -1.55. The number of rotatable bonds is 7. The first-order chi connectivity index (χ1) is 9.43. The van der Waals surface area contributed by atoms with E-state index in [9.17, 15) is 4.79 Å². The van der Waals surface area contributed by atoms with Gasteiger partial charge >= 0.3 is 0 Å². The molecule has 112 valence electrons. The first kappa shape index (κ1) is 16.5. The predicted octanol–water partition coefficient (Wildman–Crippen LogP) is 2.27. The highest BCUT2D eigenvalue weighted by molar-refractivity contribution is 5.81. The van der Waals surface area contributed by atoms with Gasteiger partial charge < -0.3 is 15.4 Å². The second-order valence-corrected chi connectivity index (χ2v) is 5.33. The van der Waals surface area contributed by atoms with Crippen LogP contribution in [0, 0.1) is 13.8 Å². The van der Waals surface area contributed by atoms with E-state index in [2.05, 4.69) is 6.07 Å². The molecule has 2 N–H and O–H groups in total. The molecule has 0 fully saturated rings. The summed E-state index contributed by atoms with van der Waals surface area (Å²) in [7, 11) is 1.77. The minimum Gasteiger partial charge on any atom is -0.492 e. The Bertz CT molecular complexity index is 426. The molecular weight excluding hydrogens is 252 g/mol. The Kier molecular flexibility index (Phi) is 6.52. The standard InChI is InChI=1S/C16H26N2O2/c1-5-6-15(17)16(19)18(4)7-8-20-14-10-12(2)9-13(3)11-14/h9-11,15H,5-8,17H2,1-4H3/t15-/m1/s1. The molecule has 1 rings (SSSR count). The van der Waals surface area contributed by atoms with Gasteiger partial charge in [0.15, 0.2) is 0 Å². The van der Waals surface area contributed by atoms with Crippen LogP contribution in [-0.4, -0.2) is 37.0 Å². The van der Waals surface area contributed by atoms with Gasteiger partial charge in [0.05, 0.1) is 12.6 Å². The van der Waals surface area contributed by atoms with E-state index in [0.717, 1.165) is 18.6 Å². The lowest BCUT2D eigenvalue weighted by Gasteiger charge is -2.21. The minimum atomic E-state index is -0.397. The molecule has 0 aliphatic heterocycles. The molecule has 0 aliphatic rings. The lowest BCUT2D eigenvalue weighted by molar-refractivity contribution is -0.131. The molecule has 0 aliphatic carbocycles. The third kappa shape index (κ3) is 5.21. The molecule has 0 spiro atoms. The molecule has 0 saturated heterocycles. The van der Waals surface area contributed by atoms with E-state index < -0.39 is 6.04 Å². The highest BCUT2D eigenvalue weighted by Gasteiger charge is 2.16. The van der Waals surface area contributed by atoms with Crippen molar-refractivity contribution in [3.05, 3.63) is 29.3 Å². The van der Waals surface area contributed by atoms with E-state index in [-0.39, 0.29) is 5.91 Å². The number of benzene rings is 1. The van der Waals surface area contributed by atoms with Crippen LogP contribution in [0.5, 0.6) is 5.75 Å². The van der Waals surface area contributed by atoms with Crippen molar-refractivity contribution < 1.29 is 9.53 Å². The summed E-state index contributed by atoms with van der Waals surface area (Å²) in [5.41, 5.74) is 8.17. The number of hydrogen-bond acceptors (Lipinski definition) is 3. The highest BCUT2D eigenvalue weighted by atomic mass is 16.5. The Balaban J connectivity index is 2.41. The van der Waals surface area contributed by atoms with Crippen LogP contribution in [0.15, 0.2) is 18.2 Å². The number of ether oxygens (including phenoxy) is 1. The van der Waals surface area contributed by atoms with E-state index in [0.29, 0.717) is 13.2 Å². The fourth-order valence-corrected chi connectivity index (χ4v) is 2.14. The number of carbonyl (C=O) groups excluding carboxylic acids is 1. The maximum atomic E-state index is 11.9. The highest BCUT2D eigenvalue weighted by Crippen LogP contribution is 2.16. The van der Waals surface area contributed by atoms with Crippen LogP contribution < -0.4 is 10.5 Å². The predicted molar refractivity (Wildman–Crippen MR) is 81.9 cm³/mol. The first-order valence-electron chi connectivity index (χ1n) is 7.15. The third-order valence-electron chi connectivity index (χ3n) is 3.18. The third-order valence-corrected chi connectivity index (χ3v) is 3.18. The summed E-state index contributed by atoms with van der Waals surface area (Å²) >= 11 is 0. The van der Waals surface area contributed by atoms with Gasteiger partial charge in [0, 0.05) is 7.05 Å². The zero-order chi connectivity index (χ0) is 15.1. The molecular formula is C16H26N2O2. The molecule has 0 unspecified atom stereocenters. The van der Waals surface area contributed by atoms with Gasteiger partial charge in [-0.3, -0.25) is 4.79 Å². The molecule has 1 amide bonds. The van der Waals surface area contributed by atoms with E-state index in [1.807, 2.05) is 32.9 Å². The number of nitrogens with two attached hydrogens (primary N) is 1. The number of hydrogen-bond donors (Lipinski definition) is 1. The van der Waals surface area contributed by atoms with Crippen molar-refractivity contribution in [1.82, 2.24) is 4.90 Å². The average molecular weight is 278 g/mol. The van der Waals surface area contributed by atoms with E-state index in [1.165, 1.54) is 11.1 Å². The molecule has 0 aromatic heterocycles. The molecule has 0 bridgehead atoms. The van der Waals surface area contributed by atoms with Gasteiger partial charge in [0.1, 0.15) is 12.4 Å². The number of amides is 1. The fraction of sp³-hybridized carbons (Fsp3) is 0.562. The summed E-state index contributed by atoms with van der Waals surface area (Å²) in [5, 5.41) is 0. The van der Waals surface area contributed by atoms with Gasteiger partial charge in [-0.25, -0.2) is 0 Å². The van der Waals surface area contributed by atoms with Gasteiger partial charge in [-0.15, -0.1) is 0 Å². The van der Waals surface area contributed by atoms with Crippen molar-refractivity contribution in [2.75, 3.05) is 20.2 Å². The summed E-state index contributed by atoms with van der Waals surface area (Å²) in [6, 6.07) is 5.70. The monoisotopic (exact) mass is 278 g/mol. The zero-order valence-corrected chi connectivity index (χ0v) is 13.0. The second-order valence-electron chi connectivity index (χ2n) is 5.33. The summed E-state index contributed by atoms with van der Waals surface area (Å²) in [6.07, 6.45) is 1.64. The zero-order valence-electron chi connectivity index (χ0n) is 13.0. The SMILES string of the molecule is CCC[C@@H](N)C(=O)N(C)CCOc1cc(C)cc(C)c1.